The summed E-state index contributed by atoms with van der Waals surface area (Å²) in [6.45, 7) is 2.25. The summed E-state index contributed by atoms with van der Waals surface area (Å²) in [5.41, 5.74) is 0.702. The lowest BCUT2D eigenvalue weighted by Crippen LogP contribution is -2.35. The Labute approximate surface area is 155 Å². The van der Waals surface area contributed by atoms with Crippen molar-refractivity contribution in [2.45, 2.75) is 64.7 Å². The average molecular weight is 359 g/mol. The van der Waals surface area contributed by atoms with Crippen molar-refractivity contribution in [3.8, 4) is 0 Å². The molecular weight excluding hydrogens is 330 g/mol. The molecule has 0 aliphatic carbocycles. The van der Waals surface area contributed by atoms with E-state index in [0.717, 1.165) is 24.2 Å². The van der Waals surface area contributed by atoms with Crippen LogP contribution in [0.4, 0.5) is 0 Å². The van der Waals surface area contributed by atoms with E-state index in [9.17, 15) is 14.4 Å². The van der Waals surface area contributed by atoms with E-state index in [0.29, 0.717) is 17.7 Å². The van der Waals surface area contributed by atoms with Crippen LogP contribution in [0.1, 0.15) is 85.4 Å². The highest BCUT2D eigenvalue weighted by atomic mass is 16.5. The smallest absolute Gasteiger partial charge is 0.326 e. The molecule has 1 heterocycles. The Morgan fingerprint density at radius 1 is 0.846 bits per heavy atom. The molecule has 142 valence electrons. The second kappa shape index (κ2) is 10.7. The van der Waals surface area contributed by atoms with Gasteiger partial charge in [-0.2, -0.15) is 0 Å². The molecule has 0 atom stereocenters. The van der Waals surface area contributed by atoms with E-state index >= 15 is 0 Å². The number of ether oxygens (including phenoxy) is 1. The topological polar surface area (TPSA) is 63.7 Å². The molecule has 0 N–H and O–H groups in total. The van der Waals surface area contributed by atoms with E-state index in [1.165, 1.54) is 38.5 Å². The number of amides is 2. The van der Waals surface area contributed by atoms with Crippen LogP contribution in [0.5, 0.6) is 0 Å². The van der Waals surface area contributed by atoms with E-state index in [4.69, 9.17) is 4.74 Å². The number of hydrogen-bond donors (Lipinski definition) is 0. The fraction of sp³-hybridized carbons (Fsp3) is 0.571. The van der Waals surface area contributed by atoms with E-state index in [1.54, 1.807) is 24.3 Å². The molecule has 0 aromatic heterocycles. The maximum absolute atomic E-state index is 12.2. The van der Waals surface area contributed by atoms with Crippen molar-refractivity contribution < 1.29 is 19.1 Å². The summed E-state index contributed by atoms with van der Waals surface area (Å²) in [6.07, 6.45) is 10.7. The SMILES string of the molecule is CCCCCCCCCCCOC(=O)CN1C(=O)c2ccccc2C1=O. The Hall–Kier alpha value is -2.17. The van der Waals surface area contributed by atoms with Gasteiger partial charge >= 0.3 is 5.97 Å². The second-order valence-corrected chi connectivity index (χ2v) is 6.79. The molecule has 0 radical (unpaired) electrons. The van der Waals surface area contributed by atoms with Gasteiger partial charge in [-0.1, -0.05) is 70.4 Å². The number of hydrogen-bond acceptors (Lipinski definition) is 4. The molecule has 1 aromatic rings. The van der Waals surface area contributed by atoms with E-state index in [1.807, 2.05) is 0 Å². The molecule has 1 aromatic carbocycles. The van der Waals surface area contributed by atoms with Gasteiger partial charge in [-0.05, 0) is 18.6 Å². The molecule has 5 nitrogen and oxygen atoms in total. The quantitative estimate of drug-likeness (QED) is 0.316. The monoisotopic (exact) mass is 359 g/mol. The number of unbranched alkanes of at least 4 members (excludes halogenated alkanes) is 8. The van der Waals surface area contributed by atoms with Gasteiger partial charge in [0, 0.05) is 0 Å². The third-order valence-electron chi connectivity index (χ3n) is 4.68. The lowest BCUT2D eigenvalue weighted by molar-refractivity contribution is -0.144. The van der Waals surface area contributed by atoms with E-state index in [-0.39, 0.29) is 6.54 Å². The predicted molar refractivity (Wildman–Crippen MR) is 100.0 cm³/mol. The summed E-state index contributed by atoms with van der Waals surface area (Å²) in [6, 6.07) is 6.61. The van der Waals surface area contributed by atoms with Crippen LogP contribution in [0.25, 0.3) is 0 Å². The Balaban J connectivity index is 1.57. The van der Waals surface area contributed by atoms with Crippen LogP contribution in [0.15, 0.2) is 24.3 Å². The molecule has 1 aliphatic rings. The highest BCUT2D eigenvalue weighted by Crippen LogP contribution is 2.22. The Morgan fingerprint density at radius 3 is 1.88 bits per heavy atom. The lowest BCUT2D eigenvalue weighted by atomic mass is 10.1. The number of carbonyl (C=O) groups is 3. The van der Waals surface area contributed by atoms with Gasteiger partial charge in [-0.25, -0.2) is 0 Å². The van der Waals surface area contributed by atoms with Crippen molar-refractivity contribution in [2.75, 3.05) is 13.2 Å². The van der Waals surface area contributed by atoms with Crippen molar-refractivity contribution in [1.82, 2.24) is 4.90 Å². The molecule has 5 heteroatoms. The average Bonchev–Trinajstić information content (AvgIpc) is 2.88. The summed E-state index contributed by atoms with van der Waals surface area (Å²) < 4.78 is 5.17. The Morgan fingerprint density at radius 2 is 1.35 bits per heavy atom. The van der Waals surface area contributed by atoms with Gasteiger partial charge in [-0.3, -0.25) is 19.3 Å². The third kappa shape index (κ3) is 5.68. The van der Waals surface area contributed by atoms with Crippen LogP contribution in [0, 0.1) is 0 Å². The van der Waals surface area contributed by atoms with Crippen molar-refractivity contribution in [2.24, 2.45) is 0 Å². The molecular formula is C21H29NO4. The molecule has 1 aliphatic heterocycles. The fourth-order valence-electron chi connectivity index (χ4n) is 3.16. The molecule has 2 amide bonds. The summed E-state index contributed by atoms with van der Waals surface area (Å²) in [7, 11) is 0. The van der Waals surface area contributed by atoms with Crippen molar-refractivity contribution in [1.29, 1.82) is 0 Å². The van der Waals surface area contributed by atoms with Crippen LogP contribution >= 0.6 is 0 Å². The van der Waals surface area contributed by atoms with Crippen molar-refractivity contribution in [3.05, 3.63) is 35.4 Å². The zero-order valence-electron chi connectivity index (χ0n) is 15.7. The summed E-state index contributed by atoms with van der Waals surface area (Å²) >= 11 is 0. The molecule has 2 rings (SSSR count). The first-order chi connectivity index (χ1) is 12.6. The highest BCUT2D eigenvalue weighted by molar-refractivity contribution is 6.22. The predicted octanol–water partition coefficient (Wildman–Crippen LogP) is 4.36. The van der Waals surface area contributed by atoms with Crippen LogP contribution in [0.3, 0.4) is 0 Å². The third-order valence-corrected chi connectivity index (χ3v) is 4.68. The van der Waals surface area contributed by atoms with Crippen molar-refractivity contribution in [3.63, 3.8) is 0 Å². The highest BCUT2D eigenvalue weighted by Gasteiger charge is 2.36. The standard InChI is InChI=1S/C21H29NO4/c1-2-3-4-5-6-7-8-9-12-15-26-19(23)16-22-20(24)17-13-10-11-14-18(17)21(22)25/h10-11,13-14H,2-9,12,15-16H2,1H3. The van der Waals surface area contributed by atoms with Gasteiger partial charge in [-0.15, -0.1) is 0 Å². The Kier molecular flexibility index (Phi) is 8.32. The first-order valence-corrected chi connectivity index (χ1v) is 9.76. The molecule has 0 fully saturated rings. The molecule has 26 heavy (non-hydrogen) atoms. The number of fused-ring (bicyclic) bond motifs is 1. The molecule has 0 saturated carbocycles. The minimum Gasteiger partial charge on any atom is -0.464 e. The largest absolute Gasteiger partial charge is 0.464 e. The molecule has 0 spiro atoms. The van der Waals surface area contributed by atoms with E-state index < -0.39 is 17.8 Å². The Bertz CT molecular complexity index is 591. The van der Waals surface area contributed by atoms with Gasteiger partial charge in [0.2, 0.25) is 0 Å². The van der Waals surface area contributed by atoms with Gasteiger partial charge in [0.15, 0.2) is 0 Å². The fourth-order valence-corrected chi connectivity index (χ4v) is 3.16. The maximum atomic E-state index is 12.2. The number of rotatable bonds is 12. The molecule has 0 unspecified atom stereocenters. The molecule has 0 bridgehead atoms. The summed E-state index contributed by atoms with van der Waals surface area (Å²) in [4.78, 5) is 37.2. The van der Waals surface area contributed by atoms with Gasteiger partial charge in [0.25, 0.3) is 11.8 Å². The van der Waals surface area contributed by atoms with Gasteiger partial charge < -0.3 is 4.74 Å². The van der Waals surface area contributed by atoms with Crippen LogP contribution in [0.2, 0.25) is 0 Å². The minimum absolute atomic E-state index is 0.316. The number of benzene rings is 1. The zero-order chi connectivity index (χ0) is 18.8. The van der Waals surface area contributed by atoms with Crippen LogP contribution in [-0.2, 0) is 9.53 Å². The number of imide groups is 1. The van der Waals surface area contributed by atoms with Gasteiger partial charge in [0.05, 0.1) is 17.7 Å². The zero-order valence-corrected chi connectivity index (χ0v) is 15.7. The number of carbonyl (C=O) groups excluding carboxylic acids is 3. The molecule has 0 saturated heterocycles. The normalized spacial score (nSPS) is 13.2. The minimum atomic E-state index is -0.529. The second-order valence-electron chi connectivity index (χ2n) is 6.79. The van der Waals surface area contributed by atoms with E-state index in [2.05, 4.69) is 6.92 Å². The summed E-state index contributed by atoms with van der Waals surface area (Å²) in [5.74, 6) is -1.38. The summed E-state index contributed by atoms with van der Waals surface area (Å²) in [5, 5.41) is 0. The lowest BCUT2D eigenvalue weighted by Gasteiger charge is -2.13. The van der Waals surface area contributed by atoms with Crippen LogP contribution in [-0.4, -0.2) is 35.8 Å². The first-order valence-electron chi connectivity index (χ1n) is 9.76. The van der Waals surface area contributed by atoms with Gasteiger partial charge in [0.1, 0.15) is 6.54 Å². The van der Waals surface area contributed by atoms with Crippen LogP contribution < -0.4 is 0 Å². The number of nitrogens with zero attached hydrogens (tertiary/aromatic N) is 1. The first kappa shape index (κ1) is 20.1. The van der Waals surface area contributed by atoms with Crippen molar-refractivity contribution >= 4 is 17.8 Å². The number of esters is 1. The maximum Gasteiger partial charge on any atom is 0.326 e.